The van der Waals surface area contributed by atoms with Crippen molar-refractivity contribution in [3.8, 4) is 0 Å². The summed E-state index contributed by atoms with van der Waals surface area (Å²) < 4.78 is 6.00. The predicted octanol–water partition coefficient (Wildman–Crippen LogP) is 2.07. The van der Waals surface area contributed by atoms with Crippen LogP contribution in [0, 0.1) is 5.92 Å². The molecule has 2 unspecified atom stereocenters. The standard InChI is InChI=1S/C13H27NO2/c1-12-6-7-13(10-12,11-14)16-9-5-3-2-4-8-15/h12,15H,2-11,14H2,1H3. The summed E-state index contributed by atoms with van der Waals surface area (Å²) in [5, 5.41) is 8.66. The van der Waals surface area contributed by atoms with Gasteiger partial charge in [0, 0.05) is 19.8 Å². The van der Waals surface area contributed by atoms with Crippen LogP contribution in [0.2, 0.25) is 0 Å². The monoisotopic (exact) mass is 229 g/mol. The summed E-state index contributed by atoms with van der Waals surface area (Å²) in [6, 6.07) is 0. The first-order valence-corrected chi connectivity index (χ1v) is 6.67. The van der Waals surface area contributed by atoms with Gasteiger partial charge in [-0.15, -0.1) is 0 Å². The van der Waals surface area contributed by atoms with Crippen molar-refractivity contribution >= 4 is 0 Å². The predicted molar refractivity (Wildman–Crippen MR) is 66.3 cm³/mol. The van der Waals surface area contributed by atoms with Crippen molar-refractivity contribution in [3.05, 3.63) is 0 Å². The van der Waals surface area contributed by atoms with Crippen LogP contribution in [0.25, 0.3) is 0 Å². The molecule has 0 amide bonds. The zero-order valence-corrected chi connectivity index (χ0v) is 10.6. The lowest BCUT2D eigenvalue weighted by atomic mass is 10.0. The first-order valence-electron chi connectivity index (χ1n) is 6.67. The van der Waals surface area contributed by atoms with Gasteiger partial charge in [-0.25, -0.2) is 0 Å². The van der Waals surface area contributed by atoms with E-state index >= 15 is 0 Å². The number of aliphatic hydroxyl groups excluding tert-OH is 1. The summed E-state index contributed by atoms with van der Waals surface area (Å²) in [4.78, 5) is 0. The van der Waals surface area contributed by atoms with Gasteiger partial charge in [0.1, 0.15) is 0 Å². The molecule has 0 bridgehead atoms. The molecule has 0 spiro atoms. The molecule has 1 aliphatic rings. The molecular formula is C13H27NO2. The largest absolute Gasteiger partial charge is 0.396 e. The highest BCUT2D eigenvalue weighted by Gasteiger charge is 2.36. The Labute approximate surface area is 99.4 Å². The van der Waals surface area contributed by atoms with Crippen LogP contribution in [0.1, 0.15) is 51.9 Å². The van der Waals surface area contributed by atoms with Crippen LogP contribution in [0.5, 0.6) is 0 Å². The number of ether oxygens (including phenoxy) is 1. The van der Waals surface area contributed by atoms with Crippen LogP contribution in [-0.2, 0) is 4.74 Å². The van der Waals surface area contributed by atoms with Crippen LogP contribution in [0.3, 0.4) is 0 Å². The Bertz CT molecular complexity index is 187. The van der Waals surface area contributed by atoms with Crippen molar-refractivity contribution in [2.45, 2.75) is 57.5 Å². The van der Waals surface area contributed by atoms with Crippen LogP contribution in [0.4, 0.5) is 0 Å². The van der Waals surface area contributed by atoms with E-state index in [1.807, 2.05) is 0 Å². The van der Waals surface area contributed by atoms with Gasteiger partial charge in [0.15, 0.2) is 0 Å². The maximum Gasteiger partial charge on any atom is 0.0806 e. The molecule has 0 heterocycles. The summed E-state index contributed by atoms with van der Waals surface area (Å²) in [7, 11) is 0. The van der Waals surface area contributed by atoms with E-state index in [0.29, 0.717) is 13.2 Å². The van der Waals surface area contributed by atoms with Gasteiger partial charge in [-0.1, -0.05) is 19.8 Å². The average molecular weight is 229 g/mol. The van der Waals surface area contributed by atoms with E-state index in [1.54, 1.807) is 0 Å². The first-order chi connectivity index (χ1) is 7.72. The zero-order valence-electron chi connectivity index (χ0n) is 10.6. The van der Waals surface area contributed by atoms with Crippen molar-refractivity contribution < 1.29 is 9.84 Å². The van der Waals surface area contributed by atoms with Crippen LogP contribution in [-0.4, -0.2) is 30.5 Å². The van der Waals surface area contributed by atoms with E-state index in [4.69, 9.17) is 15.6 Å². The molecule has 1 saturated carbocycles. The molecule has 0 saturated heterocycles. The fourth-order valence-corrected chi connectivity index (χ4v) is 2.58. The SMILES string of the molecule is CC1CCC(CN)(OCCCCCCO)C1. The summed E-state index contributed by atoms with van der Waals surface area (Å²) in [6.07, 6.45) is 7.76. The van der Waals surface area contributed by atoms with Gasteiger partial charge in [-0.3, -0.25) is 0 Å². The van der Waals surface area contributed by atoms with E-state index in [1.165, 1.54) is 6.42 Å². The number of hydrogen-bond donors (Lipinski definition) is 2. The minimum absolute atomic E-state index is 0.0175. The van der Waals surface area contributed by atoms with Crippen LogP contribution < -0.4 is 5.73 Å². The molecule has 0 radical (unpaired) electrons. The Balaban J connectivity index is 2.10. The molecule has 1 fully saturated rings. The maximum atomic E-state index is 8.66. The normalized spacial score (nSPS) is 29.8. The Morgan fingerprint density at radius 3 is 2.62 bits per heavy atom. The second kappa shape index (κ2) is 7.25. The average Bonchev–Trinajstić information content (AvgIpc) is 2.66. The van der Waals surface area contributed by atoms with E-state index in [-0.39, 0.29) is 5.60 Å². The first kappa shape index (κ1) is 13.9. The van der Waals surface area contributed by atoms with Gasteiger partial charge in [-0.2, -0.15) is 0 Å². The van der Waals surface area contributed by atoms with Gasteiger partial charge >= 0.3 is 0 Å². The molecule has 96 valence electrons. The van der Waals surface area contributed by atoms with Crippen molar-refractivity contribution in [1.29, 1.82) is 0 Å². The Morgan fingerprint density at radius 2 is 2.06 bits per heavy atom. The molecule has 3 N–H and O–H groups in total. The molecule has 2 atom stereocenters. The Morgan fingerprint density at radius 1 is 1.31 bits per heavy atom. The molecule has 1 aliphatic carbocycles. The molecular weight excluding hydrogens is 202 g/mol. The minimum Gasteiger partial charge on any atom is -0.396 e. The van der Waals surface area contributed by atoms with E-state index in [2.05, 4.69) is 6.92 Å². The summed E-state index contributed by atoms with van der Waals surface area (Å²) >= 11 is 0. The van der Waals surface area contributed by atoms with Crippen molar-refractivity contribution in [1.82, 2.24) is 0 Å². The van der Waals surface area contributed by atoms with Crippen molar-refractivity contribution in [2.75, 3.05) is 19.8 Å². The topological polar surface area (TPSA) is 55.5 Å². The molecule has 3 nitrogen and oxygen atoms in total. The van der Waals surface area contributed by atoms with E-state index in [0.717, 1.165) is 51.0 Å². The molecule has 3 heteroatoms. The van der Waals surface area contributed by atoms with Crippen LogP contribution >= 0.6 is 0 Å². The number of rotatable bonds is 8. The molecule has 16 heavy (non-hydrogen) atoms. The lowest BCUT2D eigenvalue weighted by Gasteiger charge is -2.28. The van der Waals surface area contributed by atoms with Gasteiger partial charge in [0.25, 0.3) is 0 Å². The van der Waals surface area contributed by atoms with Gasteiger partial charge < -0.3 is 15.6 Å². The second-order valence-corrected chi connectivity index (χ2v) is 5.22. The van der Waals surface area contributed by atoms with Crippen molar-refractivity contribution in [2.24, 2.45) is 11.7 Å². The van der Waals surface area contributed by atoms with Crippen molar-refractivity contribution in [3.63, 3.8) is 0 Å². The minimum atomic E-state index is -0.0175. The quantitative estimate of drug-likeness (QED) is 0.626. The third-order valence-electron chi connectivity index (χ3n) is 3.65. The fourth-order valence-electron chi connectivity index (χ4n) is 2.58. The van der Waals surface area contributed by atoms with Gasteiger partial charge in [-0.05, 0) is 38.0 Å². The number of aliphatic hydroxyl groups is 1. The summed E-state index contributed by atoms with van der Waals surface area (Å²) in [6.45, 7) is 4.08. The van der Waals surface area contributed by atoms with E-state index < -0.39 is 0 Å². The highest BCUT2D eigenvalue weighted by molar-refractivity contribution is 4.90. The highest BCUT2D eigenvalue weighted by atomic mass is 16.5. The summed E-state index contributed by atoms with van der Waals surface area (Å²) in [5.41, 5.74) is 5.82. The Hall–Kier alpha value is -0.120. The highest BCUT2D eigenvalue weighted by Crippen LogP contribution is 2.36. The Kier molecular flexibility index (Phi) is 6.32. The molecule has 1 rings (SSSR count). The fraction of sp³-hybridized carbons (Fsp3) is 1.00. The van der Waals surface area contributed by atoms with Gasteiger partial charge in [0.05, 0.1) is 5.60 Å². The van der Waals surface area contributed by atoms with E-state index in [9.17, 15) is 0 Å². The third kappa shape index (κ3) is 4.40. The maximum absolute atomic E-state index is 8.66. The molecule has 0 aromatic rings. The smallest absolute Gasteiger partial charge is 0.0806 e. The number of unbranched alkanes of at least 4 members (excludes halogenated alkanes) is 3. The molecule has 0 aromatic heterocycles. The summed E-state index contributed by atoms with van der Waals surface area (Å²) in [5.74, 6) is 0.762. The third-order valence-corrected chi connectivity index (χ3v) is 3.65. The number of nitrogens with two attached hydrogens (primary N) is 1. The lowest BCUT2D eigenvalue weighted by Crippen LogP contribution is -2.38. The zero-order chi connectivity index (χ0) is 11.9. The van der Waals surface area contributed by atoms with Gasteiger partial charge in [0.2, 0.25) is 0 Å². The van der Waals surface area contributed by atoms with Crippen LogP contribution in [0.15, 0.2) is 0 Å². The second-order valence-electron chi connectivity index (χ2n) is 5.22. The lowest BCUT2D eigenvalue weighted by molar-refractivity contribution is -0.0374. The molecule has 0 aliphatic heterocycles. The molecule has 0 aromatic carbocycles. The number of hydrogen-bond acceptors (Lipinski definition) is 3.